The van der Waals surface area contributed by atoms with Crippen molar-refractivity contribution in [2.24, 2.45) is 34.5 Å². The summed E-state index contributed by atoms with van der Waals surface area (Å²) in [5, 5.41) is 6.48. The fraction of sp³-hybridized carbons (Fsp3) is 0.826. The molecule has 0 aromatic heterocycles. The molecule has 0 saturated heterocycles. The number of hydrogen-bond donors (Lipinski definition) is 2. The average Bonchev–Trinajstić information content (AvgIpc) is 2.91. The first-order chi connectivity index (χ1) is 12.5. The number of carbonyl (C=O) groups excluding carboxylic acids is 2. The Labute approximate surface area is 198 Å². The summed E-state index contributed by atoms with van der Waals surface area (Å²) in [6.07, 6.45) is 10.7. The third-order valence-electron chi connectivity index (χ3n) is 8.50. The van der Waals surface area contributed by atoms with Gasteiger partial charge in [-0.25, -0.2) is 0 Å². The van der Waals surface area contributed by atoms with Crippen molar-refractivity contribution in [3.63, 3.8) is 0 Å². The van der Waals surface area contributed by atoms with Crippen molar-refractivity contribution in [2.45, 2.75) is 84.7 Å². The number of carbonyl (C=O) groups is 2. The minimum atomic E-state index is -0.167. The third-order valence-corrected chi connectivity index (χ3v) is 8.50. The van der Waals surface area contributed by atoms with Gasteiger partial charge in [0.1, 0.15) is 0 Å². The molecule has 0 aromatic carbocycles. The van der Waals surface area contributed by atoms with Gasteiger partial charge < -0.3 is 27.6 Å². The van der Waals surface area contributed by atoms with E-state index in [9.17, 15) is 9.59 Å². The van der Waals surface area contributed by atoms with Crippen LogP contribution in [-0.4, -0.2) is 23.4 Å². The molecule has 7 atom stereocenters. The minimum Gasteiger partial charge on any atom is -1.00 e. The summed E-state index contributed by atoms with van der Waals surface area (Å²) in [5.41, 5.74) is 0.0323. The van der Waals surface area contributed by atoms with E-state index in [4.69, 9.17) is 0 Å². The molecule has 3 aliphatic carbocycles. The van der Waals surface area contributed by atoms with Crippen LogP contribution in [0.2, 0.25) is 0 Å². The maximum Gasteiger partial charge on any atom is 1.00 e. The standard InChI is InChI=1S/C23H36N2O2.BrH.Li/c1-21(2,3)25-20(27)17-8-7-15-14-6-9-18-23(5,13-11-19(26)24-18)16(14)10-12-22(15,17)4;;/h11,13-18H,6-10,12H2,1-5H3,(H,24,26)(H,25,27);1H;/q;;+1/p-1/t14-,15-,16-,17+,18+,22-,23+;;/m0../s1. The van der Waals surface area contributed by atoms with Gasteiger partial charge in [-0.2, -0.15) is 0 Å². The van der Waals surface area contributed by atoms with Gasteiger partial charge in [0, 0.05) is 22.9 Å². The van der Waals surface area contributed by atoms with E-state index in [-0.39, 0.29) is 76.0 Å². The van der Waals surface area contributed by atoms with Crippen LogP contribution in [0.25, 0.3) is 0 Å². The van der Waals surface area contributed by atoms with Crippen molar-refractivity contribution in [2.75, 3.05) is 0 Å². The Morgan fingerprint density at radius 2 is 1.79 bits per heavy atom. The summed E-state index contributed by atoms with van der Waals surface area (Å²) in [6, 6.07) is 0.280. The largest absolute Gasteiger partial charge is 1.00 e. The first kappa shape index (κ1) is 25.0. The molecule has 0 aromatic rings. The Morgan fingerprint density at radius 1 is 1.10 bits per heavy atom. The molecule has 4 aliphatic rings. The zero-order chi connectivity index (χ0) is 19.6. The van der Waals surface area contributed by atoms with Crippen LogP contribution in [0.15, 0.2) is 12.2 Å². The number of nitrogens with one attached hydrogen (secondary N) is 2. The Bertz CT molecular complexity index is 691. The topological polar surface area (TPSA) is 58.2 Å². The van der Waals surface area contributed by atoms with E-state index in [1.807, 2.05) is 0 Å². The summed E-state index contributed by atoms with van der Waals surface area (Å²) in [5.74, 6) is 2.41. The van der Waals surface area contributed by atoms with Gasteiger partial charge in [0.05, 0.1) is 0 Å². The van der Waals surface area contributed by atoms with Crippen molar-refractivity contribution in [3.8, 4) is 0 Å². The number of fused-ring (bicyclic) bond motifs is 5. The zero-order valence-corrected chi connectivity index (χ0v) is 20.6. The summed E-state index contributed by atoms with van der Waals surface area (Å²) >= 11 is 0. The molecule has 4 nitrogen and oxygen atoms in total. The number of rotatable bonds is 1. The molecule has 4 rings (SSSR count). The van der Waals surface area contributed by atoms with Crippen molar-refractivity contribution in [1.29, 1.82) is 0 Å². The van der Waals surface area contributed by atoms with Crippen LogP contribution in [0.4, 0.5) is 0 Å². The van der Waals surface area contributed by atoms with Gasteiger partial charge in [-0.3, -0.25) is 9.59 Å². The second-order valence-corrected chi connectivity index (χ2v) is 11.1. The Hall–Kier alpha value is -0.243. The monoisotopic (exact) mass is 458 g/mol. The molecule has 1 heterocycles. The zero-order valence-electron chi connectivity index (χ0n) is 19.0. The van der Waals surface area contributed by atoms with Crippen molar-refractivity contribution in [1.82, 2.24) is 10.6 Å². The molecule has 0 bridgehead atoms. The van der Waals surface area contributed by atoms with Gasteiger partial charge in [-0.05, 0) is 88.5 Å². The van der Waals surface area contributed by atoms with E-state index >= 15 is 0 Å². The SMILES string of the molecule is CC(C)(C)NC(=O)[C@H]1CC[C@H]2[C@@H]3CC[C@H]4NC(=O)C=C[C@]4(C)[C@H]3CC[C@]12C.[Br-].[Li+]. The minimum absolute atomic E-state index is 0. The molecule has 158 valence electrons. The van der Waals surface area contributed by atoms with Gasteiger partial charge in [-0.1, -0.05) is 19.9 Å². The van der Waals surface area contributed by atoms with Crippen molar-refractivity contribution < 1.29 is 45.4 Å². The summed E-state index contributed by atoms with van der Waals surface area (Å²) < 4.78 is 0. The van der Waals surface area contributed by atoms with Gasteiger partial charge >= 0.3 is 18.9 Å². The normalized spacial score (nSPS) is 42.9. The van der Waals surface area contributed by atoms with Gasteiger partial charge in [0.25, 0.3) is 0 Å². The maximum atomic E-state index is 13.0. The van der Waals surface area contributed by atoms with E-state index in [1.165, 1.54) is 19.3 Å². The number of halogens is 1. The first-order valence-corrected chi connectivity index (χ1v) is 10.9. The van der Waals surface area contributed by atoms with Crippen LogP contribution in [0.3, 0.4) is 0 Å². The average molecular weight is 459 g/mol. The van der Waals surface area contributed by atoms with Crippen LogP contribution in [0.1, 0.15) is 73.1 Å². The fourth-order valence-electron chi connectivity index (χ4n) is 7.22. The molecule has 0 spiro atoms. The van der Waals surface area contributed by atoms with E-state index < -0.39 is 0 Å². The van der Waals surface area contributed by atoms with Crippen molar-refractivity contribution in [3.05, 3.63) is 12.2 Å². The molecular formula is C23H36BrLiN2O2. The fourth-order valence-corrected chi connectivity index (χ4v) is 7.22. The maximum absolute atomic E-state index is 13.0. The van der Waals surface area contributed by atoms with Crippen LogP contribution in [0, 0.1) is 34.5 Å². The van der Waals surface area contributed by atoms with E-state index in [0.29, 0.717) is 17.8 Å². The van der Waals surface area contributed by atoms with Gasteiger partial charge in [0.2, 0.25) is 11.8 Å². The van der Waals surface area contributed by atoms with E-state index in [0.717, 1.165) is 19.3 Å². The molecule has 2 amide bonds. The van der Waals surface area contributed by atoms with Gasteiger partial charge in [-0.15, -0.1) is 0 Å². The first-order valence-electron chi connectivity index (χ1n) is 10.9. The molecule has 0 unspecified atom stereocenters. The van der Waals surface area contributed by atoms with Crippen molar-refractivity contribution >= 4 is 11.8 Å². The van der Waals surface area contributed by atoms with Crippen LogP contribution < -0.4 is 46.5 Å². The predicted molar refractivity (Wildman–Crippen MR) is 107 cm³/mol. The molecular weight excluding hydrogens is 423 g/mol. The molecule has 2 N–H and O–H groups in total. The molecule has 0 radical (unpaired) electrons. The number of hydrogen-bond acceptors (Lipinski definition) is 2. The molecule has 6 heteroatoms. The van der Waals surface area contributed by atoms with E-state index in [2.05, 4.69) is 51.3 Å². The molecule has 1 aliphatic heterocycles. The van der Waals surface area contributed by atoms with E-state index in [1.54, 1.807) is 6.08 Å². The summed E-state index contributed by atoms with van der Waals surface area (Å²) in [7, 11) is 0. The predicted octanol–water partition coefficient (Wildman–Crippen LogP) is -2.18. The second kappa shape index (κ2) is 8.36. The molecule has 3 saturated carbocycles. The third kappa shape index (κ3) is 4.13. The summed E-state index contributed by atoms with van der Waals surface area (Å²) in [4.78, 5) is 24.9. The number of amides is 2. The quantitative estimate of drug-likeness (QED) is 0.439. The molecule has 3 fully saturated rings. The summed E-state index contributed by atoms with van der Waals surface area (Å²) in [6.45, 7) is 11.0. The van der Waals surface area contributed by atoms with Crippen LogP contribution in [0.5, 0.6) is 0 Å². The second-order valence-electron chi connectivity index (χ2n) is 11.1. The van der Waals surface area contributed by atoms with Crippen LogP contribution in [-0.2, 0) is 9.59 Å². The van der Waals surface area contributed by atoms with Gasteiger partial charge in [0.15, 0.2) is 0 Å². The Morgan fingerprint density at radius 3 is 2.45 bits per heavy atom. The Kier molecular flexibility index (Phi) is 7.21. The van der Waals surface area contributed by atoms with Crippen LogP contribution >= 0.6 is 0 Å². The Balaban J connectivity index is 0.00000150. The smallest absolute Gasteiger partial charge is 1.00 e. The molecule has 29 heavy (non-hydrogen) atoms.